The van der Waals surface area contributed by atoms with Crippen molar-refractivity contribution in [3.05, 3.63) is 53.3 Å². The van der Waals surface area contributed by atoms with Gasteiger partial charge in [-0.05, 0) is 69.4 Å². The van der Waals surface area contributed by atoms with Crippen LogP contribution >= 0.6 is 35.5 Å². The standard InChI is InChI=1S/C22H26FN3OS2.ClH/c1-15-13-16(2)21-19(14-15)29-22(24-21)26(11-10-25(3)4)20(27)9-12-28-18-7-5-17(23)6-8-18;/h5-8,13-14H,9-12H2,1-4H3;1H. The van der Waals surface area contributed by atoms with E-state index < -0.39 is 0 Å². The van der Waals surface area contributed by atoms with Crippen LogP contribution in [0.25, 0.3) is 10.2 Å². The summed E-state index contributed by atoms with van der Waals surface area (Å²) in [5.74, 6) is 0.461. The average molecular weight is 468 g/mol. The van der Waals surface area contributed by atoms with E-state index in [2.05, 4.69) is 30.9 Å². The van der Waals surface area contributed by atoms with Crippen molar-refractivity contribution >= 4 is 56.8 Å². The SMILES string of the molecule is Cc1cc(C)c2nc(N(CCN(C)C)C(=O)CCSc3ccc(F)cc3)sc2c1.Cl. The van der Waals surface area contributed by atoms with Crippen molar-refractivity contribution in [3.8, 4) is 0 Å². The fourth-order valence-electron chi connectivity index (χ4n) is 3.02. The molecule has 1 heterocycles. The van der Waals surface area contributed by atoms with Crippen molar-refractivity contribution in [3.63, 3.8) is 0 Å². The van der Waals surface area contributed by atoms with Gasteiger partial charge in [-0.25, -0.2) is 9.37 Å². The molecule has 0 N–H and O–H groups in total. The normalized spacial score (nSPS) is 11.0. The second-order valence-electron chi connectivity index (χ2n) is 7.33. The molecular formula is C22H27ClFN3OS2. The first kappa shape index (κ1) is 24.6. The maximum absolute atomic E-state index is 13.0. The molecule has 8 heteroatoms. The molecule has 2 aromatic carbocycles. The van der Waals surface area contributed by atoms with Crippen LogP contribution in [0.3, 0.4) is 0 Å². The Morgan fingerprint density at radius 3 is 2.50 bits per heavy atom. The lowest BCUT2D eigenvalue weighted by molar-refractivity contribution is -0.118. The number of halogens is 2. The van der Waals surface area contributed by atoms with Gasteiger partial charge in [0.15, 0.2) is 5.13 Å². The highest BCUT2D eigenvalue weighted by Gasteiger charge is 2.20. The third-order valence-corrected chi connectivity index (χ3v) is 6.56. The smallest absolute Gasteiger partial charge is 0.229 e. The lowest BCUT2D eigenvalue weighted by Crippen LogP contribution is -2.36. The van der Waals surface area contributed by atoms with Gasteiger partial charge in [-0.1, -0.05) is 17.4 Å². The van der Waals surface area contributed by atoms with Crippen LogP contribution in [0.5, 0.6) is 0 Å². The Morgan fingerprint density at radius 1 is 1.13 bits per heavy atom. The molecule has 3 aromatic rings. The molecule has 0 saturated heterocycles. The predicted molar refractivity (Wildman–Crippen MR) is 129 cm³/mol. The van der Waals surface area contributed by atoms with Gasteiger partial charge in [0.25, 0.3) is 0 Å². The summed E-state index contributed by atoms with van der Waals surface area (Å²) >= 11 is 3.13. The number of likely N-dealkylation sites (N-methyl/N-ethyl adjacent to an activating group) is 1. The second kappa shape index (κ2) is 11.1. The molecule has 0 aliphatic carbocycles. The summed E-state index contributed by atoms with van der Waals surface area (Å²) in [7, 11) is 4.00. The van der Waals surface area contributed by atoms with Gasteiger partial charge >= 0.3 is 0 Å². The minimum Gasteiger partial charge on any atom is -0.308 e. The van der Waals surface area contributed by atoms with Crippen molar-refractivity contribution in [2.75, 3.05) is 37.8 Å². The van der Waals surface area contributed by atoms with Crippen LogP contribution < -0.4 is 4.90 Å². The highest BCUT2D eigenvalue weighted by atomic mass is 35.5. The van der Waals surface area contributed by atoms with Gasteiger partial charge in [-0.3, -0.25) is 9.69 Å². The number of nitrogens with zero attached hydrogens (tertiary/aromatic N) is 3. The van der Waals surface area contributed by atoms with E-state index in [0.717, 1.165) is 32.4 Å². The van der Waals surface area contributed by atoms with E-state index in [1.165, 1.54) is 17.7 Å². The molecule has 1 aromatic heterocycles. The molecular weight excluding hydrogens is 441 g/mol. The van der Waals surface area contributed by atoms with Crippen LogP contribution in [0.1, 0.15) is 17.5 Å². The predicted octanol–water partition coefficient (Wildman–Crippen LogP) is 5.55. The first-order chi connectivity index (χ1) is 13.8. The van der Waals surface area contributed by atoms with Crippen molar-refractivity contribution in [1.82, 2.24) is 9.88 Å². The summed E-state index contributed by atoms with van der Waals surface area (Å²) in [4.78, 5) is 22.7. The molecule has 0 spiro atoms. The summed E-state index contributed by atoms with van der Waals surface area (Å²) in [6, 6.07) is 10.6. The van der Waals surface area contributed by atoms with Gasteiger partial charge in [0.1, 0.15) is 5.82 Å². The van der Waals surface area contributed by atoms with Crippen LogP contribution in [0.15, 0.2) is 41.3 Å². The first-order valence-corrected chi connectivity index (χ1v) is 11.3. The van der Waals surface area contributed by atoms with Crippen molar-refractivity contribution < 1.29 is 9.18 Å². The minimum atomic E-state index is -0.248. The second-order valence-corrected chi connectivity index (χ2v) is 9.50. The largest absolute Gasteiger partial charge is 0.308 e. The summed E-state index contributed by atoms with van der Waals surface area (Å²) in [6.07, 6.45) is 0.406. The number of carbonyl (C=O) groups is 1. The molecule has 1 amide bonds. The number of aromatic nitrogens is 1. The number of amides is 1. The van der Waals surface area contributed by atoms with Gasteiger partial charge in [-0.2, -0.15) is 0 Å². The van der Waals surface area contributed by atoms with E-state index >= 15 is 0 Å². The molecule has 0 aliphatic rings. The van der Waals surface area contributed by atoms with Gasteiger partial charge in [-0.15, -0.1) is 24.2 Å². The third kappa shape index (κ3) is 6.41. The van der Waals surface area contributed by atoms with Crippen LogP contribution in [0.2, 0.25) is 0 Å². The van der Waals surface area contributed by atoms with Gasteiger partial charge in [0.05, 0.1) is 10.2 Å². The minimum absolute atomic E-state index is 0. The third-order valence-electron chi connectivity index (χ3n) is 4.52. The topological polar surface area (TPSA) is 36.4 Å². The molecule has 0 radical (unpaired) electrons. The van der Waals surface area contributed by atoms with E-state index in [4.69, 9.17) is 4.98 Å². The Labute approximate surface area is 191 Å². The summed E-state index contributed by atoms with van der Waals surface area (Å²) < 4.78 is 14.2. The Kier molecular flexibility index (Phi) is 9.09. The highest BCUT2D eigenvalue weighted by molar-refractivity contribution is 7.99. The maximum atomic E-state index is 13.0. The maximum Gasteiger partial charge on any atom is 0.229 e. The molecule has 3 rings (SSSR count). The van der Waals surface area contributed by atoms with E-state index in [1.54, 1.807) is 35.2 Å². The van der Waals surface area contributed by atoms with Crippen LogP contribution in [-0.2, 0) is 4.79 Å². The lowest BCUT2D eigenvalue weighted by Gasteiger charge is -2.22. The molecule has 0 saturated carbocycles. The van der Waals surface area contributed by atoms with Crippen molar-refractivity contribution in [1.29, 1.82) is 0 Å². The van der Waals surface area contributed by atoms with Crippen LogP contribution in [0, 0.1) is 19.7 Å². The number of benzene rings is 2. The summed E-state index contributed by atoms with van der Waals surface area (Å²) in [6.45, 7) is 5.51. The zero-order chi connectivity index (χ0) is 21.0. The Morgan fingerprint density at radius 2 is 1.83 bits per heavy atom. The van der Waals surface area contributed by atoms with Gasteiger partial charge in [0, 0.05) is 30.2 Å². The van der Waals surface area contributed by atoms with E-state index in [1.807, 2.05) is 19.0 Å². The Bertz CT molecular complexity index is 992. The van der Waals surface area contributed by atoms with E-state index in [-0.39, 0.29) is 24.1 Å². The van der Waals surface area contributed by atoms with E-state index in [9.17, 15) is 9.18 Å². The number of thioether (sulfide) groups is 1. The summed E-state index contributed by atoms with van der Waals surface area (Å²) in [5, 5.41) is 0.757. The quantitative estimate of drug-likeness (QED) is 0.407. The average Bonchev–Trinajstić information content (AvgIpc) is 3.07. The lowest BCUT2D eigenvalue weighted by atomic mass is 10.1. The zero-order valence-electron chi connectivity index (χ0n) is 17.6. The van der Waals surface area contributed by atoms with Crippen LogP contribution in [-0.4, -0.2) is 48.7 Å². The fraction of sp³-hybridized carbons (Fsp3) is 0.364. The molecule has 0 fully saturated rings. The number of fused-ring (bicyclic) bond motifs is 1. The van der Waals surface area contributed by atoms with Crippen molar-refractivity contribution in [2.24, 2.45) is 0 Å². The molecule has 0 aliphatic heterocycles. The monoisotopic (exact) mass is 467 g/mol. The Balaban J connectivity index is 0.00000320. The number of hydrogen-bond donors (Lipinski definition) is 0. The molecule has 0 unspecified atom stereocenters. The van der Waals surface area contributed by atoms with Crippen LogP contribution in [0.4, 0.5) is 9.52 Å². The zero-order valence-corrected chi connectivity index (χ0v) is 20.1. The number of hydrogen-bond acceptors (Lipinski definition) is 5. The number of rotatable bonds is 8. The van der Waals surface area contributed by atoms with Gasteiger partial charge < -0.3 is 4.90 Å². The molecule has 162 valence electrons. The molecule has 0 bridgehead atoms. The first-order valence-electron chi connectivity index (χ1n) is 9.55. The Hall–Kier alpha value is -1.67. The highest BCUT2D eigenvalue weighted by Crippen LogP contribution is 2.32. The molecule has 30 heavy (non-hydrogen) atoms. The van der Waals surface area contributed by atoms with Gasteiger partial charge in [0.2, 0.25) is 5.91 Å². The van der Waals surface area contributed by atoms with Crippen molar-refractivity contribution in [2.45, 2.75) is 25.2 Å². The number of anilines is 1. The molecule has 4 nitrogen and oxygen atoms in total. The number of aryl methyl sites for hydroxylation is 2. The fourth-order valence-corrected chi connectivity index (χ4v) is 5.05. The number of carbonyl (C=O) groups excluding carboxylic acids is 1. The summed E-state index contributed by atoms with van der Waals surface area (Å²) in [5.41, 5.74) is 3.31. The van der Waals surface area contributed by atoms with E-state index in [0.29, 0.717) is 18.7 Å². The molecule has 0 atom stereocenters. The number of thiazole rings is 1.